The van der Waals surface area contributed by atoms with Crippen molar-refractivity contribution in [1.82, 2.24) is 5.43 Å². The highest BCUT2D eigenvalue weighted by atomic mass is 79.9. The van der Waals surface area contributed by atoms with E-state index in [-0.39, 0.29) is 17.1 Å². The van der Waals surface area contributed by atoms with Crippen LogP contribution in [0.1, 0.15) is 16.8 Å². The Hall–Kier alpha value is -2.87. The number of hydrazine groups is 1. The summed E-state index contributed by atoms with van der Waals surface area (Å²) < 4.78 is 0.820. The summed E-state index contributed by atoms with van der Waals surface area (Å²) in [4.78, 5) is 36.9. The van der Waals surface area contributed by atoms with Crippen LogP contribution in [-0.4, -0.2) is 27.8 Å². The SMILES string of the molecule is O=C(CC1C(=O)NN(c2ccc(Br)cc2)C1=O)c1cc(O)ccc1O. The molecule has 1 atom stereocenters. The van der Waals surface area contributed by atoms with Crippen molar-refractivity contribution in [1.29, 1.82) is 0 Å². The van der Waals surface area contributed by atoms with Gasteiger partial charge in [0, 0.05) is 10.9 Å². The predicted molar refractivity (Wildman–Crippen MR) is 92.0 cm³/mol. The topological polar surface area (TPSA) is 107 Å². The van der Waals surface area contributed by atoms with Crippen molar-refractivity contribution in [2.75, 3.05) is 5.01 Å². The number of ketones is 1. The molecule has 0 spiro atoms. The average Bonchev–Trinajstić information content (AvgIpc) is 2.86. The maximum Gasteiger partial charge on any atom is 0.258 e. The molecule has 8 heteroatoms. The van der Waals surface area contributed by atoms with E-state index < -0.39 is 29.9 Å². The molecule has 0 saturated carbocycles. The Kier molecular flexibility index (Phi) is 4.45. The number of aromatic hydroxyl groups is 2. The number of carbonyl (C=O) groups is 3. The summed E-state index contributed by atoms with van der Waals surface area (Å²) in [5.41, 5.74) is 2.77. The number of benzene rings is 2. The molecule has 1 unspecified atom stereocenters. The fraction of sp³-hybridized carbons (Fsp3) is 0.118. The minimum atomic E-state index is -1.20. The van der Waals surface area contributed by atoms with E-state index in [1.807, 2.05) is 0 Å². The Balaban J connectivity index is 1.80. The Morgan fingerprint density at radius 1 is 1.12 bits per heavy atom. The van der Waals surface area contributed by atoms with Gasteiger partial charge in [-0.3, -0.25) is 19.8 Å². The van der Waals surface area contributed by atoms with E-state index in [9.17, 15) is 24.6 Å². The van der Waals surface area contributed by atoms with Gasteiger partial charge >= 0.3 is 0 Å². The van der Waals surface area contributed by atoms with Gasteiger partial charge in [-0.25, -0.2) is 5.01 Å². The smallest absolute Gasteiger partial charge is 0.258 e. The summed E-state index contributed by atoms with van der Waals surface area (Å²) >= 11 is 3.28. The van der Waals surface area contributed by atoms with Gasteiger partial charge in [-0.2, -0.15) is 0 Å². The van der Waals surface area contributed by atoms with E-state index in [4.69, 9.17) is 0 Å². The van der Waals surface area contributed by atoms with Gasteiger partial charge in [0.2, 0.25) is 0 Å². The summed E-state index contributed by atoms with van der Waals surface area (Å²) in [5, 5.41) is 20.3. The Morgan fingerprint density at radius 2 is 1.80 bits per heavy atom. The highest BCUT2D eigenvalue weighted by molar-refractivity contribution is 9.10. The maximum absolute atomic E-state index is 12.5. The molecule has 7 nitrogen and oxygen atoms in total. The van der Waals surface area contributed by atoms with Gasteiger partial charge < -0.3 is 10.2 Å². The van der Waals surface area contributed by atoms with E-state index in [1.165, 1.54) is 12.1 Å². The van der Waals surface area contributed by atoms with Crippen LogP contribution in [0, 0.1) is 5.92 Å². The van der Waals surface area contributed by atoms with Gasteiger partial charge in [-0.1, -0.05) is 15.9 Å². The van der Waals surface area contributed by atoms with Crippen molar-refractivity contribution >= 4 is 39.2 Å². The predicted octanol–water partition coefficient (Wildman–Crippen LogP) is 2.13. The molecule has 25 heavy (non-hydrogen) atoms. The maximum atomic E-state index is 12.5. The second-order valence-corrected chi connectivity index (χ2v) is 6.42. The van der Waals surface area contributed by atoms with Crippen molar-refractivity contribution in [2.45, 2.75) is 6.42 Å². The largest absolute Gasteiger partial charge is 0.508 e. The first-order chi connectivity index (χ1) is 11.9. The number of phenolic OH excluding ortho intramolecular Hbond substituents is 2. The van der Waals surface area contributed by atoms with Gasteiger partial charge in [0.1, 0.15) is 17.4 Å². The van der Waals surface area contributed by atoms with Crippen molar-refractivity contribution < 1.29 is 24.6 Å². The van der Waals surface area contributed by atoms with Crippen LogP contribution in [0.25, 0.3) is 0 Å². The Labute approximate surface area is 151 Å². The molecule has 3 rings (SSSR count). The number of Topliss-reactive ketones (excluding diaryl/α,β-unsaturated/α-hetero) is 1. The van der Waals surface area contributed by atoms with Crippen molar-refractivity contribution in [3.63, 3.8) is 0 Å². The lowest BCUT2D eigenvalue weighted by atomic mass is 9.97. The lowest BCUT2D eigenvalue weighted by Crippen LogP contribution is -2.35. The normalized spacial score (nSPS) is 16.8. The van der Waals surface area contributed by atoms with Crippen LogP contribution in [0.2, 0.25) is 0 Å². The van der Waals surface area contributed by atoms with E-state index >= 15 is 0 Å². The first-order valence-corrected chi connectivity index (χ1v) is 8.11. The number of hydrogen-bond acceptors (Lipinski definition) is 5. The monoisotopic (exact) mass is 404 g/mol. The molecule has 0 radical (unpaired) electrons. The number of anilines is 1. The number of nitrogens with zero attached hydrogens (tertiary/aromatic N) is 1. The molecule has 0 aromatic heterocycles. The average molecular weight is 405 g/mol. The molecule has 1 heterocycles. The van der Waals surface area contributed by atoms with Gasteiger partial charge in [-0.05, 0) is 42.5 Å². The number of nitrogens with one attached hydrogen (secondary N) is 1. The molecule has 1 aliphatic rings. The van der Waals surface area contributed by atoms with Crippen LogP contribution in [0.5, 0.6) is 11.5 Å². The van der Waals surface area contributed by atoms with Crippen LogP contribution in [0.3, 0.4) is 0 Å². The van der Waals surface area contributed by atoms with Crippen LogP contribution in [0.15, 0.2) is 46.9 Å². The first-order valence-electron chi connectivity index (χ1n) is 7.32. The molecule has 1 fully saturated rings. The lowest BCUT2D eigenvalue weighted by Gasteiger charge is -2.15. The molecule has 0 bridgehead atoms. The standard InChI is InChI=1S/C17H13BrN2O5/c18-9-1-3-10(4-2-9)20-17(25)13(16(24)19-20)8-15(23)12-7-11(21)5-6-14(12)22/h1-7,13,21-22H,8H2,(H,19,24). The lowest BCUT2D eigenvalue weighted by molar-refractivity contribution is -0.127. The van der Waals surface area contributed by atoms with E-state index in [0.717, 1.165) is 15.5 Å². The van der Waals surface area contributed by atoms with Crippen LogP contribution in [0.4, 0.5) is 5.69 Å². The van der Waals surface area contributed by atoms with Crippen LogP contribution >= 0.6 is 15.9 Å². The minimum Gasteiger partial charge on any atom is -0.508 e. The zero-order valence-corrected chi connectivity index (χ0v) is 14.4. The third-order valence-corrected chi connectivity index (χ3v) is 4.34. The molecule has 2 amide bonds. The number of phenols is 2. The van der Waals surface area contributed by atoms with Crippen molar-refractivity contribution in [3.05, 3.63) is 52.5 Å². The number of carbonyl (C=O) groups excluding carboxylic acids is 3. The number of amides is 2. The zero-order valence-electron chi connectivity index (χ0n) is 12.8. The number of hydrogen-bond donors (Lipinski definition) is 3. The van der Waals surface area contributed by atoms with Crippen LogP contribution in [-0.2, 0) is 9.59 Å². The molecule has 3 N–H and O–H groups in total. The minimum absolute atomic E-state index is 0.136. The third-order valence-electron chi connectivity index (χ3n) is 3.81. The Morgan fingerprint density at radius 3 is 2.48 bits per heavy atom. The van der Waals surface area contributed by atoms with Gasteiger partial charge in [-0.15, -0.1) is 0 Å². The van der Waals surface area contributed by atoms with Crippen LogP contribution < -0.4 is 10.4 Å². The third kappa shape index (κ3) is 3.34. The van der Waals surface area contributed by atoms with Gasteiger partial charge in [0.15, 0.2) is 5.78 Å². The highest BCUT2D eigenvalue weighted by Gasteiger charge is 2.41. The summed E-state index contributed by atoms with van der Waals surface area (Å²) in [6.07, 6.45) is -0.408. The summed E-state index contributed by atoms with van der Waals surface area (Å²) in [6, 6.07) is 10.2. The van der Waals surface area contributed by atoms with Crippen molar-refractivity contribution in [3.8, 4) is 11.5 Å². The fourth-order valence-electron chi connectivity index (χ4n) is 2.52. The molecular weight excluding hydrogens is 392 g/mol. The summed E-state index contributed by atoms with van der Waals surface area (Å²) in [5.74, 6) is -3.48. The molecule has 2 aromatic carbocycles. The zero-order chi connectivity index (χ0) is 18.1. The highest BCUT2D eigenvalue weighted by Crippen LogP contribution is 2.28. The molecule has 0 aliphatic carbocycles. The van der Waals surface area contributed by atoms with E-state index in [1.54, 1.807) is 24.3 Å². The van der Waals surface area contributed by atoms with Gasteiger partial charge in [0.25, 0.3) is 11.8 Å². The first kappa shape index (κ1) is 17.0. The second-order valence-electron chi connectivity index (χ2n) is 5.51. The summed E-state index contributed by atoms with van der Waals surface area (Å²) in [6.45, 7) is 0. The van der Waals surface area contributed by atoms with Crippen molar-refractivity contribution in [2.24, 2.45) is 5.92 Å². The summed E-state index contributed by atoms with van der Waals surface area (Å²) in [7, 11) is 0. The molecule has 2 aromatic rings. The number of halogens is 1. The number of rotatable bonds is 4. The Bertz CT molecular complexity index is 866. The molecule has 128 valence electrons. The quantitative estimate of drug-likeness (QED) is 0.411. The molecular formula is C17H13BrN2O5. The van der Waals surface area contributed by atoms with E-state index in [0.29, 0.717) is 5.69 Å². The van der Waals surface area contributed by atoms with Gasteiger partial charge in [0.05, 0.1) is 11.3 Å². The second kappa shape index (κ2) is 6.56. The van der Waals surface area contributed by atoms with E-state index in [2.05, 4.69) is 21.4 Å². The fourth-order valence-corrected chi connectivity index (χ4v) is 2.78. The molecule has 1 saturated heterocycles. The molecule has 1 aliphatic heterocycles.